The normalized spacial score (nSPS) is 11.5. The number of halogens is 2. The Morgan fingerprint density at radius 3 is 2.73 bits per heavy atom. The zero-order chi connectivity index (χ0) is 18.9. The first-order chi connectivity index (χ1) is 12.5. The fourth-order valence-corrected chi connectivity index (χ4v) is 3.26. The lowest BCUT2D eigenvalue weighted by Gasteiger charge is -2.12. The highest BCUT2D eigenvalue weighted by Crippen LogP contribution is 2.18. The molecule has 0 radical (unpaired) electrons. The monoisotopic (exact) mass is 382 g/mol. The summed E-state index contributed by atoms with van der Waals surface area (Å²) < 4.78 is 31.7. The Morgan fingerprint density at radius 2 is 2.08 bits per heavy atom. The Bertz CT molecular complexity index is 749. The molecule has 0 saturated carbocycles. The predicted molar refractivity (Wildman–Crippen MR) is 101 cm³/mol. The van der Waals surface area contributed by atoms with Crippen LogP contribution < -0.4 is 15.4 Å². The molecule has 0 bridgehead atoms. The molecule has 142 valence electrons. The van der Waals surface area contributed by atoms with E-state index in [1.807, 2.05) is 20.8 Å². The fourth-order valence-electron chi connectivity index (χ4n) is 2.34. The van der Waals surface area contributed by atoms with Gasteiger partial charge in [-0.3, -0.25) is 4.99 Å². The summed E-state index contributed by atoms with van der Waals surface area (Å²) in [6, 6.07) is 3.25. The molecule has 8 heteroatoms. The van der Waals surface area contributed by atoms with E-state index in [1.165, 1.54) is 17.0 Å². The van der Waals surface area contributed by atoms with Crippen molar-refractivity contribution in [1.29, 1.82) is 0 Å². The average Bonchev–Trinajstić information content (AvgIpc) is 2.90. The highest BCUT2D eigenvalue weighted by molar-refractivity contribution is 7.11. The fraction of sp³-hybridized carbons (Fsp3) is 0.444. The van der Waals surface area contributed by atoms with E-state index in [2.05, 4.69) is 20.6 Å². The molecule has 0 unspecified atom stereocenters. The quantitative estimate of drug-likeness (QED) is 0.418. The van der Waals surface area contributed by atoms with Crippen LogP contribution in [-0.4, -0.2) is 37.2 Å². The highest BCUT2D eigenvalue weighted by atomic mass is 32.1. The van der Waals surface area contributed by atoms with Gasteiger partial charge >= 0.3 is 0 Å². The lowest BCUT2D eigenvalue weighted by Crippen LogP contribution is -2.39. The standard InChI is InChI=1S/C18H24F2N4OS/c1-4-21-18(22-8-7-17-12(2)24-13(3)26-17)23-9-10-25-16-6-5-14(19)11-15(16)20/h5-6,11H,4,7-10H2,1-3H3,(H2,21,22,23). The van der Waals surface area contributed by atoms with E-state index < -0.39 is 11.6 Å². The van der Waals surface area contributed by atoms with Crippen molar-refractivity contribution >= 4 is 17.3 Å². The van der Waals surface area contributed by atoms with Crippen LogP contribution in [0.15, 0.2) is 23.2 Å². The number of thiazole rings is 1. The largest absolute Gasteiger partial charge is 0.489 e. The summed E-state index contributed by atoms with van der Waals surface area (Å²) in [6.45, 7) is 8.06. The molecule has 5 nitrogen and oxygen atoms in total. The molecule has 2 aromatic rings. The average molecular weight is 382 g/mol. The third-order valence-corrected chi connectivity index (χ3v) is 4.63. The van der Waals surface area contributed by atoms with Crippen molar-refractivity contribution in [1.82, 2.24) is 15.6 Å². The molecule has 1 heterocycles. The number of nitrogens with one attached hydrogen (secondary N) is 2. The van der Waals surface area contributed by atoms with E-state index in [0.29, 0.717) is 19.0 Å². The molecule has 26 heavy (non-hydrogen) atoms. The Hall–Kier alpha value is -2.22. The van der Waals surface area contributed by atoms with Crippen molar-refractivity contribution in [2.45, 2.75) is 27.2 Å². The van der Waals surface area contributed by atoms with Gasteiger partial charge in [-0.05, 0) is 32.9 Å². The van der Waals surface area contributed by atoms with Gasteiger partial charge in [-0.15, -0.1) is 11.3 Å². The van der Waals surface area contributed by atoms with Crippen LogP contribution in [0.3, 0.4) is 0 Å². The van der Waals surface area contributed by atoms with Gasteiger partial charge in [0.15, 0.2) is 17.5 Å². The second-order valence-corrected chi connectivity index (χ2v) is 6.89. The molecule has 0 aliphatic carbocycles. The van der Waals surface area contributed by atoms with E-state index in [-0.39, 0.29) is 12.4 Å². The Labute approximate surface area is 156 Å². The number of ether oxygens (including phenoxy) is 1. The Kier molecular flexibility index (Phi) is 7.77. The van der Waals surface area contributed by atoms with Crippen LogP contribution >= 0.6 is 11.3 Å². The van der Waals surface area contributed by atoms with Crippen molar-refractivity contribution < 1.29 is 13.5 Å². The van der Waals surface area contributed by atoms with E-state index in [1.54, 1.807) is 11.3 Å². The first-order valence-electron chi connectivity index (χ1n) is 8.52. The zero-order valence-electron chi connectivity index (χ0n) is 15.2. The first-order valence-corrected chi connectivity index (χ1v) is 9.34. The van der Waals surface area contributed by atoms with Crippen molar-refractivity contribution in [3.8, 4) is 5.75 Å². The summed E-state index contributed by atoms with van der Waals surface area (Å²) in [5.74, 6) is -0.623. The van der Waals surface area contributed by atoms with Crippen LogP contribution in [-0.2, 0) is 6.42 Å². The maximum Gasteiger partial charge on any atom is 0.191 e. The minimum absolute atomic E-state index is 0.0335. The van der Waals surface area contributed by atoms with Gasteiger partial charge in [-0.2, -0.15) is 0 Å². The van der Waals surface area contributed by atoms with Gasteiger partial charge in [0.1, 0.15) is 12.4 Å². The minimum atomic E-state index is -0.708. The van der Waals surface area contributed by atoms with Crippen molar-refractivity contribution in [2.75, 3.05) is 26.2 Å². The summed E-state index contributed by atoms with van der Waals surface area (Å²) in [5.41, 5.74) is 1.07. The second-order valence-electron chi connectivity index (χ2n) is 5.60. The second kappa shape index (κ2) is 10.1. The van der Waals surface area contributed by atoms with Crippen LogP contribution in [0, 0.1) is 25.5 Å². The number of aliphatic imine (C=N–C) groups is 1. The van der Waals surface area contributed by atoms with Gasteiger partial charge in [-0.1, -0.05) is 0 Å². The minimum Gasteiger partial charge on any atom is -0.489 e. The van der Waals surface area contributed by atoms with Crippen molar-refractivity contribution in [3.05, 3.63) is 45.4 Å². The van der Waals surface area contributed by atoms with Gasteiger partial charge in [0.2, 0.25) is 0 Å². The van der Waals surface area contributed by atoms with Crippen molar-refractivity contribution in [2.24, 2.45) is 4.99 Å². The van der Waals surface area contributed by atoms with E-state index in [4.69, 9.17) is 4.74 Å². The highest BCUT2D eigenvalue weighted by Gasteiger charge is 2.06. The van der Waals surface area contributed by atoms with Crippen LogP contribution in [0.25, 0.3) is 0 Å². The third kappa shape index (κ3) is 6.25. The first kappa shape index (κ1) is 20.1. The molecule has 0 fully saturated rings. The lowest BCUT2D eigenvalue weighted by atomic mass is 10.3. The molecule has 0 spiro atoms. The maximum absolute atomic E-state index is 13.5. The summed E-state index contributed by atoms with van der Waals surface area (Å²) in [6.07, 6.45) is 0.838. The number of hydrogen-bond donors (Lipinski definition) is 2. The number of aromatic nitrogens is 1. The summed E-state index contributed by atoms with van der Waals surface area (Å²) in [5, 5.41) is 7.35. The molecule has 1 aromatic heterocycles. The van der Waals surface area contributed by atoms with Gasteiger partial charge < -0.3 is 15.4 Å². The van der Waals surface area contributed by atoms with Crippen LogP contribution in [0.2, 0.25) is 0 Å². The van der Waals surface area contributed by atoms with E-state index >= 15 is 0 Å². The molecule has 0 aliphatic rings. The van der Waals surface area contributed by atoms with Crippen LogP contribution in [0.1, 0.15) is 22.5 Å². The maximum atomic E-state index is 13.5. The third-order valence-electron chi connectivity index (χ3n) is 3.50. The smallest absolute Gasteiger partial charge is 0.191 e. The molecular formula is C18H24F2N4OS. The Morgan fingerprint density at radius 1 is 1.27 bits per heavy atom. The molecule has 0 amide bonds. The molecule has 0 atom stereocenters. The molecule has 1 aromatic carbocycles. The van der Waals surface area contributed by atoms with Gasteiger partial charge in [0.25, 0.3) is 0 Å². The lowest BCUT2D eigenvalue weighted by molar-refractivity contribution is 0.304. The molecular weight excluding hydrogens is 358 g/mol. The number of hydrogen-bond acceptors (Lipinski definition) is 4. The molecule has 0 saturated heterocycles. The summed E-state index contributed by atoms with van der Waals surface area (Å²) in [7, 11) is 0. The zero-order valence-corrected chi connectivity index (χ0v) is 16.1. The van der Waals surface area contributed by atoms with E-state index in [9.17, 15) is 8.78 Å². The number of benzene rings is 1. The van der Waals surface area contributed by atoms with Crippen LogP contribution in [0.4, 0.5) is 8.78 Å². The number of rotatable bonds is 8. The topological polar surface area (TPSA) is 58.5 Å². The molecule has 0 aliphatic heterocycles. The number of guanidine groups is 1. The molecule has 2 rings (SSSR count). The van der Waals surface area contributed by atoms with E-state index in [0.717, 1.165) is 29.7 Å². The number of nitrogens with zero attached hydrogens (tertiary/aromatic N) is 2. The summed E-state index contributed by atoms with van der Waals surface area (Å²) >= 11 is 1.70. The Balaban J connectivity index is 1.78. The molecule has 2 N–H and O–H groups in total. The SMILES string of the molecule is CCNC(=NCCc1sc(C)nc1C)NCCOc1ccc(F)cc1F. The predicted octanol–water partition coefficient (Wildman–Crippen LogP) is 3.21. The van der Waals surface area contributed by atoms with Crippen molar-refractivity contribution in [3.63, 3.8) is 0 Å². The summed E-state index contributed by atoms with van der Waals surface area (Å²) in [4.78, 5) is 10.2. The van der Waals surface area contributed by atoms with Gasteiger partial charge in [0.05, 0.1) is 17.2 Å². The van der Waals surface area contributed by atoms with Gasteiger partial charge in [0, 0.05) is 30.5 Å². The van der Waals surface area contributed by atoms with Gasteiger partial charge in [-0.25, -0.2) is 13.8 Å². The number of aryl methyl sites for hydroxylation is 2. The van der Waals surface area contributed by atoms with Crippen LogP contribution in [0.5, 0.6) is 5.75 Å².